The first kappa shape index (κ1) is 13.8. The summed E-state index contributed by atoms with van der Waals surface area (Å²) in [6, 6.07) is 8.99. The van der Waals surface area contributed by atoms with E-state index in [9.17, 15) is 0 Å². The molecule has 19 heavy (non-hydrogen) atoms. The van der Waals surface area contributed by atoms with E-state index in [1.165, 1.54) is 16.7 Å². The Balaban J connectivity index is 1.72. The lowest BCUT2D eigenvalue weighted by atomic mass is 10.0. The number of rotatable bonds is 6. The second-order valence-corrected chi connectivity index (χ2v) is 5.35. The highest BCUT2D eigenvalue weighted by atomic mass is 15.2. The summed E-state index contributed by atoms with van der Waals surface area (Å²) in [5.41, 5.74) is 10.1. The SMILES string of the molecule is Cc1ccc(CCC(N)CCc2cnn(C)c2)cc1. The normalized spacial score (nSPS) is 12.6. The molecule has 0 aliphatic carbocycles. The Labute approximate surface area is 115 Å². The van der Waals surface area contributed by atoms with Crippen LogP contribution in [-0.2, 0) is 19.9 Å². The molecule has 1 heterocycles. The van der Waals surface area contributed by atoms with Gasteiger partial charge in [-0.15, -0.1) is 0 Å². The molecule has 0 saturated heterocycles. The summed E-state index contributed by atoms with van der Waals surface area (Å²) >= 11 is 0. The van der Waals surface area contributed by atoms with Gasteiger partial charge in [0.05, 0.1) is 6.20 Å². The molecule has 0 aliphatic heterocycles. The van der Waals surface area contributed by atoms with E-state index in [0.29, 0.717) is 0 Å². The lowest BCUT2D eigenvalue weighted by Gasteiger charge is -2.10. The number of aromatic nitrogens is 2. The number of aryl methyl sites for hydroxylation is 4. The van der Waals surface area contributed by atoms with Crippen LogP contribution in [0.2, 0.25) is 0 Å². The molecule has 0 saturated carbocycles. The minimum Gasteiger partial charge on any atom is -0.328 e. The molecule has 3 heteroatoms. The van der Waals surface area contributed by atoms with Crippen LogP contribution in [0.1, 0.15) is 29.5 Å². The van der Waals surface area contributed by atoms with Crippen molar-refractivity contribution in [2.75, 3.05) is 0 Å². The standard InChI is InChI=1S/C16H23N3/c1-13-3-5-14(6-4-13)7-9-16(17)10-8-15-11-18-19(2)12-15/h3-6,11-12,16H,7-10,17H2,1-2H3. The van der Waals surface area contributed by atoms with Gasteiger partial charge in [-0.05, 0) is 43.7 Å². The Morgan fingerprint density at radius 1 is 1.11 bits per heavy atom. The van der Waals surface area contributed by atoms with Gasteiger partial charge in [0.15, 0.2) is 0 Å². The van der Waals surface area contributed by atoms with Crippen molar-refractivity contribution in [3.05, 3.63) is 53.3 Å². The van der Waals surface area contributed by atoms with Crippen LogP contribution in [0.5, 0.6) is 0 Å². The van der Waals surface area contributed by atoms with Gasteiger partial charge >= 0.3 is 0 Å². The fourth-order valence-corrected chi connectivity index (χ4v) is 2.20. The molecule has 0 amide bonds. The number of hydrogen-bond acceptors (Lipinski definition) is 2. The summed E-state index contributed by atoms with van der Waals surface area (Å²) in [5.74, 6) is 0. The Bertz CT molecular complexity index is 499. The molecule has 0 bridgehead atoms. The zero-order valence-corrected chi connectivity index (χ0v) is 11.8. The quantitative estimate of drug-likeness (QED) is 0.864. The minimum absolute atomic E-state index is 0.265. The first-order valence-electron chi connectivity index (χ1n) is 6.92. The van der Waals surface area contributed by atoms with Crippen molar-refractivity contribution in [1.82, 2.24) is 9.78 Å². The average Bonchev–Trinajstić information content (AvgIpc) is 2.81. The van der Waals surface area contributed by atoms with Crippen LogP contribution >= 0.6 is 0 Å². The summed E-state index contributed by atoms with van der Waals surface area (Å²) in [6.07, 6.45) is 8.14. The van der Waals surface area contributed by atoms with Gasteiger partial charge in [0.25, 0.3) is 0 Å². The fourth-order valence-electron chi connectivity index (χ4n) is 2.20. The van der Waals surface area contributed by atoms with Crippen LogP contribution in [0.4, 0.5) is 0 Å². The van der Waals surface area contributed by atoms with Gasteiger partial charge < -0.3 is 5.73 Å². The Hall–Kier alpha value is -1.61. The monoisotopic (exact) mass is 257 g/mol. The molecule has 0 aliphatic rings. The lowest BCUT2D eigenvalue weighted by molar-refractivity contribution is 0.568. The molecule has 0 fully saturated rings. The van der Waals surface area contributed by atoms with Crippen molar-refractivity contribution < 1.29 is 0 Å². The summed E-state index contributed by atoms with van der Waals surface area (Å²) < 4.78 is 1.84. The van der Waals surface area contributed by atoms with Crippen LogP contribution in [-0.4, -0.2) is 15.8 Å². The van der Waals surface area contributed by atoms with E-state index in [-0.39, 0.29) is 6.04 Å². The predicted octanol–water partition coefficient (Wildman–Crippen LogP) is 2.62. The van der Waals surface area contributed by atoms with Crippen molar-refractivity contribution >= 4 is 0 Å². The van der Waals surface area contributed by atoms with Crippen molar-refractivity contribution in [2.45, 2.75) is 38.6 Å². The summed E-state index contributed by atoms with van der Waals surface area (Å²) in [5, 5.41) is 4.17. The maximum atomic E-state index is 6.18. The second-order valence-electron chi connectivity index (χ2n) is 5.35. The molecule has 1 unspecified atom stereocenters. The molecule has 1 aromatic carbocycles. The molecule has 0 radical (unpaired) electrons. The van der Waals surface area contributed by atoms with E-state index in [0.717, 1.165) is 25.7 Å². The Morgan fingerprint density at radius 3 is 2.32 bits per heavy atom. The van der Waals surface area contributed by atoms with Crippen molar-refractivity contribution in [3.63, 3.8) is 0 Å². The molecule has 1 atom stereocenters. The zero-order chi connectivity index (χ0) is 13.7. The van der Waals surface area contributed by atoms with Gasteiger partial charge in [0.1, 0.15) is 0 Å². The third-order valence-electron chi connectivity index (χ3n) is 3.49. The fraction of sp³-hybridized carbons (Fsp3) is 0.438. The maximum Gasteiger partial charge on any atom is 0.0521 e. The third kappa shape index (κ3) is 4.52. The highest BCUT2D eigenvalue weighted by Crippen LogP contribution is 2.10. The zero-order valence-electron chi connectivity index (χ0n) is 11.8. The number of hydrogen-bond donors (Lipinski definition) is 1. The summed E-state index contributed by atoms with van der Waals surface area (Å²) in [6.45, 7) is 2.11. The van der Waals surface area contributed by atoms with E-state index in [1.807, 2.05) is 17.9 Å². The number of nitrogens with two attached hydrogens (primary N) is 1. The molecular formula is C16H23N3. The van der Waals surface area contributed by atoms with Crippen LogP contribution < -0.4 is 5.73 Å². The van der Waals surface area contributed by atoms with Crippen molar-refractivity contribution in [1.29, 1.82) is 0 Å². The van der Waals surface area contributed by atoms with E-state index in [1.54, 1.807) is 0 Å². The van der Waals surface area contributed by atoms with E-state index in [2.05, 4.69) is 42.5 Å². The molecular weight excluding hydrogens is 234 g/mol. The minimum atomic E-state index is 0.265. The first-order chi connectivity index (χ1) is 9.13. The van der Waals surface area contributed by atoms with Gasteiger partial charge in [-0.25, -0.2) is 0 Å². The topological polar surface area (TPSA) is 43.8 Å². The predicted molar refractivity (Wildman–Crippen MR) is 79.0 cm³/mol. The van der Waals surface area contributed by atoms with Crippen LogP contribution in [0.25, 0.3) is 0 Å². The summed E-state index contributed by atoms with van der Waals surface area (Å²) in [7, 11) is 1.95. The van der Waals surface area contributed by atoms with Crippen molar-refractivity contribution in [3.8, 4) is 0 Å². The largest absolute Gasteiger partial charge is 0.328 e. The highest BCUT2D eigenvalue weighted by molar-refractivity contribution is 5.21. The molecule has 2 rings (SSSR count). The van der Waals surface area contributed by atoms with Crippen LogP contribution in [0.15, 0.2) is 36.7 Å². The molecule has 0 spiro atoms. The molecule has 2 N–H and O–H groups in total. The number of nitrogens with zero attached hydrogens (tertiary/aromatic N) is 2. The summed E-state index contributed by atoms with van der Waals surface area (Å²) in [4.78, 5) is 0. The lowest BCUT2D eigenvalue weighted by Crippen LogP contribution is -2.21. The average molecular weight is 257 g/mol. The highest BCUT2D eigenvalue weighted by Gasteiger charge is 2.05. The Kier molecular flexibility index (Phi) is 4.74. The van der Waals surface area contributed by atoms with E-state index >= 15 is 0 Å². The third-order valence-corrected chi connectivity index (χ3v) is 3.49. The van der Waals surface area contributed by atoms with Gasteiger partial charge in [0, 0.05) is 19.3 Å². The first-order valence-corrected chi connectivity index (χ1v) is 6.92. The van der Waals surface area contributed by atoms with E-state index < -0.39 is 0 Å². The molecule has 3 nitrogen and oxygen atoms in total. The van der Waals surface area contributed by atoms with Gasteiger partial charge in [-0.3, -0.25) is 4.68 Å². The smallest absolute Gasteiger partial charge is 0.0521 e. The van der Waals surface area contributed by atoms with Gasteiger partial charge in [-0.1, -0.05) is 29.8 Å². The maximum absolute atomic E-state index is 6.18. The second kappa shape index (κ2) is 6.53. The molecule has 2 aromatic rings. The molecule has 1 aromatic heterocycles. The Morgan fingerprint density at radius 2 is 1.74 bits per heavy atom. The van der Waals surface area contributed by atoms with Gasteiger partial charge in [0.2, 0.25) is 0 Å². The van der Waals surface area contributed by atoms with Crippen molar-refractivity contribution in [2.24, 2.45) is 12.8 Å². The molecule has 102 valence electrons. The number of benzene rings is 1. The van der Waals surface area contributed by atoms with Crippen LogP contribution in [0.3, 0.4) is 0 Å². The van der Waals surface area contributed by atoms with Crippen LogP contribution in [0, 0.1) is 6.92 Å². The van der Waals surface area contributed by atoms with Gasteiger partial charge in [-0.2, -0.15) is 5.10 Å². The van der Waals surface area contributed by atoms with E-state index in [4.69, 9.17) is 5.73 Å².